The van der Waals surface area contributed by atoms with Gasteiger partial charge in [0.05, 0.1) is 18.0 Å². The van der Waals surface area contributed by atoms with E-state index in [4.69, 9.17) is 8.83 Å². The van der Waals surface area contributed by atoms with Crippen molar-refractivity contribution in [2.75, 3.05) is 13.1 Å². The maximum Gasteiger partial charge on any atom is 0.196 e. The second-order valence-electron chi connectivity index (χ2n) is 3.23. The molecule has 0 saturated heterocycles. The maximum atomic E-state index is 5.56. The lowest BCUT2D eigenvalue weighted by atomic mass is 10.3. The Morgan fingerprint density at radius 3 is 3.13 bits per heavy atom. The molecule has 4 nitrogen and oxygen atoms in total. The first-order valence-electron chi connectivity index (χ1n) is 5.08. The Morgan fingerprint density at radius 2 is 2.40 bits per heavy atom. The molecule has 15 heavy (non-hydrogen) atoms. The molecule has 0 aromatic carbocycles. The van der Waals surface area contributed by atoms with Crippen molar-refractivity contribution in [3.63, 3.8) is 0 Å². The van der Waals surface area contributed by atoms with Gasteiger partial charge in [-0.3, -0.25) is 0 Å². The van der Waals surface area contributed by atoms with Crippen LogP contribution in [0.2, 0.25) is 0 Å². The topological polar surface area (TPSA) is 51.2 Å². The minimum absolute atomic E-state index is 0.757. The summed E-state index contributed by atoms with van der Waals surface area (Å²) >= 11 is 0. The van der Waals surface area contributed by atoms with Gasteiger partial charge in [0.2, 0.25) is 0 Å². The van der Waals surface area contributed by atoms with Crippen molar-refractivity contribution >= 4 is 0 Å². The molecular weight excluding hydrogens is 192 g/mol. The average molecular weight is 206 g/mol. The zero-order valence-electron chi connectivity index (χ0n) is 8.69. The predicted molar refractivity (Wildman–Crippen MR) is 56.5 cm³/mol. The molecule has 0 fully saturated rings. The Morgan fingerprint density at radius 1 is 1.47 bits per heavy atom. The van der Waals surface area contributed by atoms with Gasteiger partial charge in [0.15, 0.2) is 11.7 Å². The average Bonchev–Trinajstić information content (AvgIpc) is 2.87. The SMILES string of the molecule is CCNCCc1ncc(-c2ccoc2)o1. The fraction of sp³-hybridized carbons (Fsp3) is 0.364. The van der Waals surface area contributed by atoms with Crippen LogP contribution >= 0.6 is 0 Å². The number of likely N-dealkylation sites (N-methyl/N-ethyl adjacent to an activating group) is 1. The molecule has 4 heteroatoms. The minimum Gasteiger partial charge on any atom is -0.472 e. The smallest absolute Gasteiger partial charge is 0.196 e. The number of oxazole rings is 1. The van der Waals surface area contributed by atoms with Crippen molar-refractivity contribution in [2.45, 2.75) is 13.3 Å². The van der Waals surface area contributed by atoms with Crippen molar-refractivity contribution in [2.24, 2.45) is 0 Å². The number of nitrogens with zero attached hydrogens (tertiary/aromatic N) is 1. The summed E-state index contributed by atoms with van der Waals surface area (Å²) in [6, 6.07) is 1.86. The van der Waals surface area contributed by atoms with Crippen molar-refractivity contribution in [1.82, 2.24) is 10.3 Å². The predicted octanol–water partition coefficient (Wildman–Crippen LogP) is 2.09. The van der Waals surface area contributed by atoms with Gasteiger partial charge in [-0.15, -0.1) is 0 Å². The van der Waals surface area contributed by atoms with E-state index in [0.717, 1.165) is 36.7 Å². The van der Waals surface area contributed by atoms with Crippen LogP contribution in [-0.4, -0.2) is 18.1 Å². The summed E-state index contributed by atoms with van der Waals surface area (Å²) in [7, 11) is 0. The summed E-state index contributed by atoms with van der Waals surface area (Å²) < 4.78 is 10.5. The van der Waals surface area contributed by atoms with Crippen LogP contribution in [0.25, 0.3) is 11.3 Å². The lowest BCUT2D eigenvalue weighted by Crippen LogP contribution is -2.16. The van der Waals surface area contributed by atoms with Crippen LogP contribution in [0.1, 0.15) is 12.8 Å². The van der Waals surface area contributed by atoms with Crippen LogP contribution in [0, 0.1) is 0 Å². The van der Waals surface area contributed by atoms with Gasteiger partial charge in [-0.2, -0.15) is 0 Å². The third-order valence-corrected chi connectivity index (χ3v) is 2.12. The fourth-order valence-corrected chi connectivity index (χ4v) is 1.34. The van der Waals surface area contributed by atoms with E-state index in [9.17, 15) is 0 Å². The Labute approximate surface area is 88.3 Å². The normalized spacial score (nSPS) is 10.7. The molecule has 2 aromatic heterocycles. The fourth-order valence-electron chi connectivity index (χ4n) is 1.34. The van der Waals surface area contributed by atoms with E-state index < -0.39 is 0 Å². The van der Waals surface area contributed by atoms with E-state index in [1.165, 1.54) is 0 Å². The molecule has 0 spiro atoms. The van der Waals surface area contributed by atoms with Gasteiger partial charge in [0.25, 0.3) is 0 Å². The molecule has 0 amide bonds. The van der Waals surface area contributed by atoms with Gasteiger partial charge in [0, 0.05) is 13.0 Å². The molecule has 0 bridgehead atoms. The van der Waals surface area contributed by atoms with Gasteiger partial charge in [-0.05, 0) is 12.6 Å². The monoisotopic (exact) mass is 206 g/mol. The minimum atomic E-state index is 0.757. The van der Waals surface area contributed by atoms with Crippen LogP contribution in [0.5, 0.6) is 0 Å². The summed E-state index contributed by atoms with van der Waals surface area (Å²) in [6.07, 6.45) is 5.81. The number of nitrogens with one attached hydrogen (secondary N) is 1. The first-order chi connectivity index (χ1) is 7.40. The molecule has 0 aliphatic carbocycles. The number of hydrogen-bond acceptors (Lipinski definition) is 4. The lowest BCUT2D eigenvalue weighted by Gasteiger charge is -1.96. The van der Waals surface area contributed by atoms with Gasteiger partial charge in [-0.1, -0.05) is 6.92 Å². The van der Waals surface area contributed by atoms with Crippen molar-refractivity contribution in [1.29, 1.82) is 0 Å². The van der Waals surface area contributed by atoms with E-state index in [-0.39, 0.29) is 0 Å². The van der Waals surface area contributed by atoms with E-state index >= 15 is 0 Å². The Balaban J connectivity index is 1.98. The van der Waals surface area contributed by atoms with Crippen LogP contribution < -0.4 is 5.32 Å². The van der Waals surface area contributed by atoms with E-state index in [2.05, 4.69) is 17.2 Å². The number of rotatable bonds is 5. The summed E-state index contributed by atoms with van der Waals surface area (Å²) in [4.78, 5) is 4.20. The molecule has 0 saturated carbocycles. The standard InChI is InChI=1S/C11H14N2O2/c1-2-12-5-3-11-13-7-10(15-11)9-4-6-14-8-9/h4,6-8,12H,2-3,5H2,1H3. The molecule has 1 N–H and O–H groups in total. The van der Waals surface area contributed by atoms with E-state index in [0.29, 0.717) is 0 Å². The number of furan rings is 1. The lowest BCUT2D eigenvalue weighted by molar-refractivity contribution is 0.496. The van der Waals surface area contributed by atoms with Gasteiger partial charge < -0.3 is 14.2 Å². The van der Waals surface area contributed by atoms with E-state index in [1.54, 1.807) is 18.7 Å². The highest BCUT2D eigenvalue weighted by Crippen LogP contribution is 2.20. The Hall–Kier alpha value is -1.55. The highest BCUT2D eigenvalue weighted by Gasteiger charge is 2.06. The summed E-state index contributed by atoms with van der Waals surface area (Å²) in [5.41, 5.74) is 0.928. The molecule has 0 atom stereocenters. The summed E-state index contributed by atoms with van der Waals surface area (Å²) in [5.74, 6) is 1.52. The largest absolute Gasteiger partial charge is 0.472 e. The second-order valence-corrected chi connectivity index (χ2v) is 3.23. The van der Waals surface area contributed by atoms with E-state index in [1.807, 2.05) is 6.07 Å². The maximum absolute atomic E-state index is 5.56. The molecule has 0 aliphatic rings. The first-order valence-corrected chi connectivity index (χ1v) is 5.08. The van der Waals surface area contributed by atoms with Crippen LogP contribution in [-0.2, 0) is 6.42 Å². The van der Waals surface area contributed by atoms with Gasteiger partial charge >= 0.3 is 0 Å². The first kappa shape index (κ1) is 9.98. The Kier molecular flexibility index (Phi) is 3.19. The molecular formula is C11H14N2O2. The summed E-state index contributed by atoms with van der Waals surface area (Å²) in [5, 5.41) is 3.22. The molecule has 80 valence electrons. The molecule has 2 rings (SSSR count). The zero-order chi connectivity index (χ0) is 10.5. The number of aromatic nitrogens is 1. The molecule has 2 aromatic rings. The van der Waals surface area contributed by atoms with Crippen LogP contribution in [0.4, 0.5) is 0 Å². The third kappa shape index (κ3) is 2.47. The van der Waals surface area contributed by atoms with Gasteiger partial charge in [0.1, 0.15) is 6.26 Å². The second kappa shape index (κ2) is 4.79. The Bertz CT molecular complexity index is 392. The zero-order valence-corrected chi connectivity index (χ0v) is 8.69. The van der Waals surface area contributed by atoms with Crippen molar-refractivity contribution in [3.05, 3.63) is 30.7 Å². The third-order valence-electron chi connectivity index (χ3n) is 2.12. The molecule has 0 aliphatic heterocycles. The highest BCUT2D eigenvalue weighted by molar-refractivity contribution is 5.53. The van der Waals surface area contributed by atoms with Crippen molar-refractivity contribution in [3.8, 4) is 11.3 Å². The quantitative estimate of drug-likeness (QED) is 0.761. The van der Waals surface area contributed by atoms with Crippen molar-refractivity contribution < 1.29 is 8.83 Å². The van der Waals surface area contributed by atoms with Crippen LogP contribution in [0.15, 0.2) is 33.6 Å². The summed E-state index contributed by atoms with van der Waals surface area (Å²) in [6.45, 7) is 3.93. The molecule has 2 heterocycles. The van der Waals surface area contributed by atoms with Crippen LogP contribution in [0.3, 0.4) is 0 Å². The number of hydrogen-bond donors (Lipinski definition) is 1. The molecule has 0 unspecified atom stereocenters. The van der Waals surface area contributed by atoms with Gasteiger partial charge in [-0.25, -0.2) is 4.98 Å². The molecule has 0 radical (unpaired) electrons. The highest BCUT2D eigenvalue weighted by atomic mass is 16.4.